The van der Waals surface area contributed by atoms with Crippen molar-refractivity contribution >= 4 is 27.6 Å². The molecule has 1 aromatic carbocycles. The molecule has 7 nitrogen and oxygen atoms in total. The van der Waals surface area contributed by atoms with Crippen LogP contribution in [0, 0.1) is 0 Å². The van der Waals surface area contributed by atoms with E-state index in [2.05, 4.69) is 68.3 Å². The second-order valence-electron chi connectivity index (χ2n) is 8.60. The van der Waals surface area contributed by atoms with E-state index in [9.17, 15) is 0 Å². The molecule has 0 atom stereocenters. The third-order valence-electron chi connectivity index (χ3n) is 6.38. The summed E-state index contributed by atoms with van der Waals surface area (Å²) in [4.78, 5) is 17.6. The van der Waals surface area contributed by atoms with Crippen LogP contribution in [-0.2, 0) is 7.05 Å². The summed E-state index contributed by atoms with van der Waals surface area (Å²) < 4.78 is 1.80. The van der Waals surface area contributed by atoms with E-state index in [0.29, 0.717) is 0 Å². The normalized spacial score (nSPS) is 15.1. The minimum atomic E-state index is 0.879. The summed E-state index contributed by atoms with van der Waals surface area (Å²) in [5.41, 5.74) is 7.37. The van der Waals surface area contributed by atoms with E-state index in [1.807, 2.05) is 31.8 Å². The van der Waals surface area contributed by atoms with Crippen molar-refractivity contribution in [3.05, 3.63) is 61.2 Å². The summed E-state index contributed by atoms with van der Waals surface area (Å²) in [6, 6.07) is 13.2. The molecule has 6 rings (SSSR count). The highest BCUT2D eigenvalue weighted by atomic mass is 15.2. The molecular weight excluding hydrogens is 398 g/mol. The Kier molecular flexibility index (Phi) is 4.43. The number of rotatable bonds is 3. The number of nitrogens with zero attached hydrogens (tertiary/aromatic N) is 6. The largest absolute Gasteiger partial charge is 0.369 e. The van der Waals surface area contributed by atoms with Crippen LogP contribution < -0.4 is 4.90 Å². The maximum absolute atomic E-state index is 4.73. The number of aromatic nitrogens is 5. The fraction of sp³-hybridized carbons (Fsp3) is 0.240. The van der Waals surface area contributed by atoms with Gasteiger partial charge in [0.25, 0.3) is 0 Å². The van der Waals surface area contributed by atoms with E-state index in [1.54, 1.807) is 4.68 Å². The highest BCUT2D eigenvalue weighted by Crippen LogP contribution is 2.32. The van der Waals surface area contributed by atoms with Crippen molar-refractivity contribution < 1.29 is 0 Å². The highest BCUT2D eigenvalue weighted by Gasteiger charge is 2.15. The summed E-state index contributed by atoms with van der Waals surface area (Å²) in [5, 5.41) is 6.51. The van der Waals surface area contributed by atoms with Gasteiger partial charge in [-0.2, -0.15) is 5.10 Å². The number of piperazine rings is 1. The van der Waals surface area contributed by atoms with Crippen LogP contribution in [0.2, 0.25) is 0 Å². The Hall–Kier alpha value is -3.71. The third-order valence-corrected chi connectivity index (χ3v) is 6.38. The predicted octanol–water partition coefficient (Wildman–Crippen LogP) is 3.93. The average molecular weight is 424 g/mol. The number of aryl methyl sites for hydroxylation is 1. The van der Waals surface area contributed by atoms with Crippen molar-refractivity contribution in [2.45, 2.75) is 0 Å². The number of anilines is 1. The van der Waals surface area contributed by atoms with Crippen molar-refractivity contribution in [3.8, 4) is 22.4 Å². The lowest BCUT2D eigenvalue weighted by Crippen LogP contribution is -2.44. The SMILES string of the molecule is CN1CCN(c2cccc(-c3cnc4[nH]c5cnc(-c6cnn(C)c6)cc5c4c3)c2)CC1. The van der Waals surface area contributed by atoms with Gasteiger partial charge in [-0.1, -0.05) is 12.1 Å². The Morgan fingerprint density at radius 2 is 1.69 bits per heavy atom. The topological polar surface area (TPSA) is 65.9 Å². The molecule has 0 spiro atoms. The molecule has 1 saturated heterocycles. The minimum Gasteiger partial charge on any atom is -0.369 e. The van der Waals surface area contributed by atoms with Crippen LogP contribution in [0.15, 0.2) is 61.2 Å². The number of fused-ring (bicyclic) bond motifs is 3. The van der Waals surface area contributed by atoms with Gasteiger partial charge in [-0.3, -0.25) is 9.67 Å². The van der Waals surface area contributed by atoms with E-state index in [0.717, 1.165) is 64.9 Å². The van der Waals surface area contributed by atoms with E-state index in [4.69, 9.17) is 4.98 Å². The van der Waals surface area contributed by atoms with E-state index >= 15 is 0 Å². The summed E-state index contributed by atoms with van der Waals surface area (Å²) in [6.07, 6.45) is 7.66. The zero-order chi connectivity index (χ0) is 21.7. The van der Waals surface area contributed by atoms with Crippen LogP contribution in [0.4, 0.5) is 5.69 Å². The Balaban J connectivity index is 1.41. The van der Waals surface area contributed by atoms with Gasteiger partial charge in [-0.05, 0) is 36.9 Å². The van der Waals surface area contributed by atoms with Gasteiger partial charge in [0.2, 0.25) is 0 Å². The molecule has 1 aliphatic rings. The van der Waals surface area contributed by atoms with Crippen LogP contribution in [0.25, 0.3) is 44.3 Å². The first-order valence-corrected chi connectivity index (χ1v) is 10.9. The smallest absolute Gasteiger partial charge is 0.138 e. The van der Waals surface area contributed by atoms with Gasteiger partial charge in [0.15, 0.2) is 0 Å². The van der Waals surface area contributed by atoms with Crippen LogP contribution >= 0.6 is 0 Å². The van der Waals surface area contributed by atoms with Crippen molar-refractivity contribution in [2.75, 3.05) is 38.1 Å². The molecule has 7 heteroatoms. The molecule has 0 bridgehead atoms. The minimum absolute atomic E-state index is 0.879. The second kappa shape index (κ2) is 7.46. The Bertz CT molecular complexity index is 1420. The molecule has 0 unspecified atom stereocenters. The van der Waals surface area contributed by atoms with Gasteiger partial charge in [-0.15, -0.1) is 0 Å². The molecule has 0 radical (unpaired) electrons. The molecular formula is C25H25N7. The Morgan fingerprint density at radius 3 is 2.50 bits per heavy atom. The van der Waals surface area contributed by atoms with Gasteiger partial charge in [0.1, 0.15) is 5.65 Å². The fourth-order valence-electron chi connectivity index (χ4n) is 4.49. The van der Waals surface area contributed by atoms with E-state index in [-0.39, 0.29) is 0 Å². The van der Waals surface area contributed by atoms with Crippen molar-refractivity contribution in [3.63, 3.8) is 0 Å². The molecule has 32 heavy (non-hydrogen) atoms. The molecule has 5 aromatic rings. The molecule has 1 N–H and O–H groups in total. The molecule has 1 fully saturated rings. The molecule has 4 aromatic heterocycles. The molecule has 0 amide bonds. The summed E-state index contributed by atoms with van der Waals surface area (Å²) in [5.74, 6) is 0. The van der Waals surface area contributed by atoms with Crippen molar-refractivity contribution in [1.29, 1.82) is 0 Å². The Labute approximate surface area is 186 Å². The van der Waals surface area contributed by atoms with Crippen LogP contribution in [0.3, 0.4) is 0 Å². The zero-order valence-electron chi connectivity index (χ0n) is 18.3. The maximum atomic E-state index is 4.73. The number of H-pyrrole nitrogens is 1. The lowest BCUT2D eigenvalue weighted by atomic mass is 10.0. The molecule has 1 aliphatic heterocycles. The third kappa shape index (κ3) is 3.31. The van der Waals surface area contributed by atoms with Gasteiger partial charge in [0.05, 0.1) is 23.6 Å². The zero-order valence-corrected chi connectivity index (χ0v) is 18.3. The monoisotopic (exact) mass is 423 g/mol. The first-order valence-electron chi connectivity index (χ1n) is 10.9. The second-order valence-corrected chi connectivity index (χ2v) is 8.60. The van der Waals surface area contributed by atoms with Crippen LogP contribution in [-0.4, -0.2) is 62.9 Å². The lowest BCUT2D eigenvalue weighted by Gasteiger charge is -2.34. The predicted molar refractivity (Wildman–Crippen MR) is 129 cm³/mol. The summed E-state index contributed by atoms with van der Waals surface area (Å²) in [6.45, 7) is 4.31. The number of aromatic amines is 1. The number of pyridine rings is 2. The highest BCUT2D eigenvalue weighted by molar-refractivity contribution is 6.07. The average Bonchev–Trinajstić information content (AvgIpc) is 3.42. The number of nitrogens with one attached hydrogen (secondary N) is 1. The Morgan fingerprint density at radius 1 is 0.812 bits per heavy atom. The fourth-order valence-corrected chi connectivity index (χ4v) is 4.49. The van der Waals surface area contributed by atoms with Crippen molar-refractivity contribution in [1.82, 2.24) is 29.6 Å². The van der Waals surface area contributed by atoms with Gasteiger partial charge < -0.3 is 14.8 Å². The first kappa shape index (κ1) is 19.0. The molecule has 0 saturated carbocycles. The van der Waals surface area contributed by atoms with Gasteiger partial charge >= 0.3 is 0 Å². The molecule has 160 valence electrons. The number of hydrogen-bond donors (Lipinski definition) is 1. The van der Waals surface area contributed by atoms with E-state index in [1.165, 1.54) is 11.3 Å². The van der Waals surface area contributed by atoms with Gasteiger partial charge in [-0.25, -0.2) is 4.98 Å². The number of hydrogen-bond acceptors (Lipinski definition) is 5. The molecule has 0 aliphatic carbocycles. The number of benzene rings is 1. The standard InChI is InChI=1S/C25H25N7/c1-30-6-8-32(9-7-30)20-5-3-4-17(10-20)18-11-22-21-12-23(19-14-28-31(2)16-19)26-15-24(21)29-25(22)27-13-18/h3-5,10-16H,6-9H2,1-2H3,(H,27,29). The van der Waals surface area contributed by atoms with E-state index < -0.39 is 0 Å². The quantitative estimate of drug-likeness (QED) is 0.476. The summed E-state index contributed by atoms with van der Waals surface area (Å²) >= 11 is 0. The van der Waals surface area contributed by atoms with Crippen LogP contribution in [0.1, 0.15) is 0 Å². The maximum Gasteiger partial charge on any atom is 0.138 e. The lowest BCUT2D eigenvalue weighted by molar-refractivity contribution is 0.313. The van der Waals surface area contributed by atoms with Gasteiger partial charge in [0, 0.05) is 73.2 Å². The molecule has 5 heterocycles. The summed E-state index contributed by atoms with van der Waals surface area (Å²) in [7, 11) is 4.10. The van der Waals surface area contributed by atoms with Crippen molar-refractivity contribution in [2.24, 2.45) is 7.05 Å². The van der Waals surface area contributed by atoms with Crippen LogP contribution in [0.5, 0.6) is 0 Å². The first-order chi connectivity index (χ1) is 15.6. The number of likely N-dealkylation sites (N-methyl/N-ethyl adjacent to an activating group) is 1.